The molecule has 4 rings (SSSR count). The van der Waals surface area contributed by atoms with Crippen LogP contribution < -0.4 is 4.74 Å². The fourth-order valence-corrected chi connectivity index (χ4v) is 4.31. The second-order valence-electron chi connectivity index (χ2n) is 6.65. The molecule has 2 aromatic carbocycles. The Morgan fingerprint density at radius 2 is 2.00 bits per heavy atom. The van der Waals surface area contributed by atoms with E-state index in [9.17, 15) is 9.90 Å². The molecule has 0 saturated heterocycles. The molecule has 0 aromatic heterocycles. The van der Waals surface area contributed by atoms with E-state index in [1.54, 1.807) is 14.0 Å². The van der Waals surface area contributed by atoms with E-state index in [0.717, 1.165) is 18.4 Å². The Morgan fingerprint density at radius 1 is 1.21 bits per heavy atom. The highest BCUT2D eigenvalue weighted by Crippen LogP contribution is 2.46. The van der Waals surface area contributed by atoms with Gasteiger partial charge in [0.15, 0.2) is 11.5 Å². The molecule has 0 saturated carbocycles. The number of hydrogen-bond acceptors (Lipinski definition) is 3. The van der Waals surface area contributed by atoms with Crippen molar-refractivity contribution in [1.29, 1.82) is 0 Å². The number of aromatic hydroxyl groups is 1. The standard InChI is InChI=1S/C20H21NO3/c1-12(22)21-11-14-5-3-4-6-15(14)20-16-10-19(24-2)18(23)9-13(16)7-8-17(20)21/h3-6,9-10,17,20,23H,7-8,11H2,1-2H3/t17-,20?/m0/s1. The van der Waals surface area contributed by atoms with Crippen LogP contribution in [0.5, 0.6) is 11.5 Å². The van der Waals surface area contributed by atoms with Gasteiger partial charge in [-0.15, -0.1) is 0 Å². The normalized spacial score (nSPS) is 21.5. The van der Waals surface area contributed by atoms with Gasteiger partial charge < -0.3 is 14.7 Å². The third-order valence-electron chi connectivity index (χ3n) is 5.41. The Bertz CT molecular complexity index is 815. The summed E-state index contributed by atoms with van der Waals surface area (Å²) in [5.74, 6) is 0.930. The van der Waals surface area contributed by atoms with Crippen molar-refractivity contribution in [1.82, 2.24) is 4.90 Å². The molecule has 2 atom stereocenters. The molecule has 1 N–H and O–H groups in total. The maximum absolute atomic E-state index is 12.2. The van der Waals surface area contributed by atoms with Crippen LogP contribution in [0.4, 0.5) is 0 Å². The molecule has 0 radical (unpaired) electrons. The van der Waals surface area contributed by atoms with Gasteiger partial charge in [0.05, 0.1) is 7.11 Å². The molecule has 1 aliphatic carbocycles. The molecule has 1 amide bonds. The van der Waals surface area contributed by atoms with Crippen LogP contribution in [0.3, 0.4) is 0 Å². The molecule has 0 spiro atoms. The van der Waals surface area contributed by atoms with Crippen molar-refractivity contribution in [3.63, 3.8) is 0 Å². The van der Waals surface area contributed by atoms with Crippen molar-refractivity contribution < 1.29 is 14.6 Å². The summed E-state index contributed by atoms with van der Waals surface area (Å²) in [6, 6.07) is 12.3. The van der Waals surface area contributed by atoms with Crippen LogP contribution in [0, 0.1) is 0 Å². The van der Waals surface area contributed by atoms with Crippen LogP contribution in [0.25, 0.3) is 0 Å². The number of aryl methyl sites for hydroxylation is 1. The van der Waals surface area contributed by atoms with Gasteiger partial charge in [0.25, 0.3) is 0 Å². The third kappa shape index (κ3) is 2.17. The Morgan fingerprint density at radius 3 is 2.75 bits per heavy atom. The van der Waals surface area contributed by atoms with E-state index in [0.29, 0.717) is 12.3 Å². The van der Waals surface area contributed by atoms with Gasteiger partial charge >= 0.3 is 0 Å². The summed E-state index contributed by atoms with van der Waals surface area (Å²) in [6.07, 6.45) is 1.78. The second kappa shape index (κ2) is 5.55. The van der Waals surface area contributed by atoms with Gasteiger partial charge in [0.1, 0.15) is 0 Å². The highest BCUT2D eigenvalue weighted by Gasteiger charge is 2.40. The molecular formula is C20H21NO3. The van der Waals surface area contributed by atoms with Crippen LogP contribution in [-0.4, -0.2) is 29.1 Å². The highest BCUT2D eigenvalue weighted by molar-refractivity contribution is 5.75. The maximum atomic E-state index is 12.2. The number of hydrogen-bond donors (Lipinski definition) is 1. The van der Waals surface area contributed by atoms with Gasteiger partial charge in [-0.3, -0.25) is 4.79 Å². The number of carbonyl (C=O) groups excluding carboxylic acids is 1. The summed E-state index contributed by atoms with van der Waals surface area (Å²) >= 11 is 0. The molecular weight excluding hydrogens is 302 g/mol. The summed E-state index contributed by atoms with van der Waals surface area (Å²) in [4.78, 5) is 14.2. The van der Waals surface area contributed by atoms with Gasteiger partial charge in [-0.2, -0.15) is 0 Å². The van der Waals surface area contributed by atoms with Crippen LogP contribution in [0.15, 0.2) is 36.4 Å². The zero-order chi connectivity index (χ0) is 16.8. The van der Waals surface area contributed by atoms with E-state index in [4.69, 9.17) is 4.74 Å². The first-order valence-corrected chi connectivity index (χ1v) is 8.35. The van der Waals surface area contributed by atoms with Crippen molar-refractivity contribution in [2.75, 3.05) is 7.11 Å². The average Bonchev–Trinajstić information content (AvgIpc) is 2.59. The lowest BCUT2D eigenvalue weighted by atomic mass is 9.71. The first kappa shape index (κ1) is 15.1. The second-order valence-corrected chi connectivity index (χ2v) is 6.65. The number of amides is 1. The minimum absolute atomic E-state index is 0.119. The first-order chi connectivity index (χ1) is 11.6. The molecule has 1 unspecified atom stereocenters. The van der Waals surface area contributed by atoms with Gasteiger partial charge in [0, 0.05) is 25.4 Å². The predicted octanol–water partition coefficient (Wildman–Crippen LogP) is 3.21. The van der Waals surface area contributed by atoms with Gasteiger partial charge in [-0.05, 0) is 47.2 Å². The van der Waals surface area contributed by atoms with Crippen molar-refractivity contribution in [3.8, 4) is 11.5 Å². The molecule has 2 aliphatic rings. The van der Waals surface area contributed by atoms with E-state index in [1.807, 2.05) is 23.1 Å². The molecule has 4 heteroatoms. The summed E-state index contributed by atoms with van der Waals surface area (Å²) in [7, 11) is 1.57. The van der Waals surface area contributed by atoms with Gasteiger partial charge in [0.2, 0.25) is 5.91 Å². The highest BCUT2D eigenvalue weighted by atomic mass is 16.5. The fourth-order valence-electron chi connectivity index (χ4n) is 4.31. The van der Waals surface area contributed by atoms with Gasteiger partial charge in [-0.1, -0.05) is 24.3 Å². The Labute approximate surface area is 141 Å². The summed E-state index contributed by atoms with van der Waals surface area (Å²) < 4.78 is 5.32. The number of methoxy groups -OCH3 is 1. The molecule has 24 heavy (non-hydrogen) atoms. The lowest BCUT2D eigenvalue weighted by Gasteiger charge is -2.45. The number of ether oxygens (including phenoxy) is 1. The predicted molar refractivity (Wildman–Crippen MR) is 91.3 cm³/mol. The van der Waals surface area contributed by atoms with Gasteiger partial charge in [-0.25, -0.2) is 0 Å². The Balaban J connectivity index is 1.92. The Kier molecular flexibility index (Phi) is 3.48. The first-order valence-electron chi connectivity index (χ1n) is 8.35. The van der Waals surface area contributed by atoms with Crippen LogP contribution in [-0.2, 0) is 17.8 Å². The van der Waals surface area contributed by atoms with Crippen LogP contribution >= 0.6 is 0 Å². The largest absolute Gasteiger partial charge is 0.504 e. The molecule has 2 aromatic rings. The summed E-state index contributed by atoms with van der Waals surface area (Å²) in [5, 5.41) is 10.1. The smallest absolute Gasteiger partial charge is 0.220 e. The van der Waals surface area contributed by atoms with E-state index in [2.05, 4.69) is 18.2 Å². The van der Waals surface area contributed by atoms with E-state index >= 15 is 0 Å². The fraction of sp³-hybridized carbons (Fsp3) is 0.350. The van der Waals surface area contributed by atoms with Crippen molar-refractivity contribution >= 4 is 5.91 Å². The molecule has 1 aliphatic heterocycles. The molecule has 0 bridgehead atoms. The number of benzene rings is 2. The number of phenolic OH excluding ortho intramolecular Hbond substituents is 1. The monoisotopic (exact) mass is 323 g/mol. The zero-order valence-corrected chi connectivity index (χ0v) is 14.0. The minimum atomic E-state index is 0.119. The number of fused-ring (bicyclic) bond motifs is 5. The number of nitrogens with zero attached hydrogens (tertiary/aromatic N) is 1. The topological polar surface area (TPSA) is 49.8 Å². The summed E-state index contributed by atoms with van der Waals surface area (Å²) in [6.45, 7) is 2.33. The van der Waals surface area contributed by atoms with Crippen LogP contribution in [0.1, 0.15) is 41.5 Å². The lowest BCUT2D eigenvalue weighted by molar-refractivity contribution is -0.133. The Hall–Kier alpha value is -2.49. The quantitative estimate of drug-likeness (QED) is 0.877. The summed E-state index contributed by atoms with van der Waals surface area (Å²) in [5.41, 5.74) is 4.80. The minimum Gasteiger partial charge on any atom is -0.504 e. The molecule has 1 heterocycles. The maximum Gasteiger partial charge on any atom is 0.220 e. The average molecular weight is 323 g/mol. The SMILES string of the molecule is COc1cc2c(cc1O)CC[C@H]1C2c2ccccc2CN1C(C)=O. The molecule has 0 fully saturated rings. The van der Waals surface area contributed by atoms with Crippen molar-refractivity contribution in [2.45, 2.75) is 38.3 Å². The van der Waals surface area contributed by atoms with Crippen molar-refractivity contribution in [3.05, 3.63) is 58.7 Å². The third-order valence-corrected chi connectivity index (χ3v) is 5.41. The van der Waals surface area contributed by atoms with Crippen molar-refractivity contribution in [2.24, 2.45) is 0 Å². The zero-order valence-electron chi connectivity index (χ0n) is 14.0. The molecule has 124 valence electrons. The lowest BCUT2D eigenvalue weighted by Crippen LogP contribution is -2.48. The number of carbonyl (C=O) groups is 1. The molecule has 4 nitrogen and oxygen atoms in total. The van der Waals surface area contributed by atoms with E-state index in [1.165, 1.54) is 16.7 Å². The van der Waals surface area contributed by atoms with E-state index in [-0.39, 0.29) is 23.6 Å². The number of rotatable bonds is 1. The van der Waals surface area contributed by atoms with E-state index < -0.39 is 0 Å². The number of phenols is 1. The van der Waals surface area contributed by atoms with Crippen LogP contribution in [0.2, 0.25) is 0 Å².